The lowest BCUT2D eigenvalue weighted by Crippen LogP contribution is -2.08. The number of methoxy groups -OCH3 is 1. The molecule has 0 bridgehead atoms. The zero-order valence-corrected chi connectivity index (χ0v) is 13.9. The number of benzene rings is 2. The van der Waals surface area contributed by atoms with Crippen molar-refractivity contribution in [2.24, 2.45) is 0 Å². The molecule has 0 aliphatic heterocycles. The maximum atomic E-state index is 10.6. The first-order chi connectivity index (χ1) is 10.1. The molecule has 0 spiro atoms. The fraction of sp³-hybridized carbons (Fsp3) is 0.250. The quantitative estimate of drug-likeness (QED) is 0.773. The van der Waals surface area contributed by atoms with Crippen LogP contribution in [0.5, 0.6) is 5.75 Å². The number of aliphatic hydroxyl groups excluding tert-OH is 1. The first-order valence-electron chi connectivity index (χ1n) is 6.47. The minimum absolute atomic E-state index is 0.423. The fourth-order valence-corrected chi connectivity index (χ4v) is 2.56. The smallest absolute Gasteiger partial charge is 0.125 e. The van der Waals surface area contributed by atoms with E-state index in [1.165, 1.54) is 0 Å². The van der Waals surface area contributed by atoms with Gasteiger partial charge in [-0.2, -0.15) is 0 Å². The van der Waals surface area contributed by atoms with Gasteiger partial charge in [0.25, 0.3) is 0 Å². The molecule has 1 N–H and O–H groups in total. The number of rotatable bonds is 6. The lowest BCUT2D eigenvalue weighted by molar-refractivity contribution is 0.142. The molecule has 0 aliphatic carbocycles. The van der Waals surface area contributed by atoms with Crippen LogP contribution in [0.15, 0.2) is 46.9 Å². The van der Waals surface area contributed by atoms with Gasteiger partial charge in [0, 0.05) is 27.7 Å². The maximum Gasteiger partial charge on any atom is 0.125 e. The Bertz CT molecular complexity index is 604. The number of hydrogen-bond acceptors (Lipinski definition) is 3. The SMILES string of the molecule is COCCOc1ccccc1C(O)c1cc(Br)ccc1Cl. The minimum atomic E-state index is -0.853. The van der Waals surface area contributed by atoms with Crippen LogP contribution >= 0.6 is 27.5 Å². The van der Waals surface area contributed by atoms with Crippen LogP contribution in [0.25, 0.3) is 0 Å². The Morgan fingerprint density at radius 2 is 1.90 bits per heavy atom. The number of aliphatic hydroxyl groups is 1. The van der Waals surface area contributed by atoms with Gasteiger partial charge in [0.1, 0.15) is 18.5 Å². The lowest BCUT2D eigenvalue weighted by atomic mass is 10.0. The first kappa shape index (κ1) is 16.3. The van der Waals surface area contributed by atoms with Gasteiger partial charge in [-0.1, -0.05) is 45.7 Å². The molecule has 1 atom stereocenters. The first-order valence-corrected chi connectivity index (χ1v) is 7.64. The van der Waals surface area contributed by atoms with Crippen LogP contribution < -0.4 is 4.74 Å². The summed E-state index contributed by atoms with van der Waals surface area (Å²) in [4.78, 5) is 0. The van der Waals surface area contributed by atoms with Crippen LogP contribution in [0, 0.1) is 0 Å². The molecule has 0 heterocycles. The van der Waals surface area contributed by atoms with Crippen molar-refractivity contribution in [3.05, 3.63) is 63.1 Å². The predicted molar refractivity (Wildman–Crippen MR) is 87.0 cm³/mol. The monoisotopic (exact) mass is 370 g/mol. The van der Waals surface area contributed by atoms with Gasteiger partial charge in [-0.3, -0.25) is 0 Å². The average Bonchev–Trinajstić information content (AvgIpc) is 2.50. The van der Waals surface area contributed by atoms with Crippen molar-refractivity contribution < 1.29 is 14.6 Å². The third-order valence-electron chi connectivity index (χ3n) is 3.01. The van der Waals surface area contributed by atoms with Crippen molar-refractivity contribution in [1.82, 2.24) is 0 Å². The Balaban J connectivity index is 2.30. The van der Waals surface area contributed by atoms with E-state index in [0.717, 1.165) is 4.47 Å². The van der Waals surface area contributed by atoms with Gasteiger partial charge in [-0.15, -0.1) is 0 Å². The molecule has 5 heteroatoms. The topological polar surface area (TPSA) is 38.7 Å². The summed E-state index contributed by atoms with van der Waals surface area (Å²) < 4.78 is 11.5. The van der Waals surface area contributed by atoms with E-state index in [2.05, 4.69) is 15.9 Å². The number of hydrogen-bond donors (Lipinski definition) is 1. The van der Waals surface area contributed by atoms with Crippen molar-refractivity contribution in [3.63, 3.8) is 0 Å². The highest BCUT2D eigenvalue weighted by Crippen LogP contribution is 2.34. The summed E-state index contributed by atoms with van der Waals surface area (Å²) in [7, 11) is 1.62. The summed E-state index contributed by atoms with van der Waals surface area (Å²) in [6.07, 6.45) is -0.853. The van der Waals surface area contributed by atoms with Gasteiger partial charge in [0.05, 0.1) is 6.61 Å². The van der Waals surface area contributed by atoms with Crippen molar-refractivity contribution in [2.45, 2.75) is 6.10 Å². The van der Waals surface area contributed by atoms with E-state index in [4.69, 9.17) is 21.1 Å². The molecular weight excluding hydrogens is 356 g/mol. The normalized spacial score (nSPS) is 12.2. The van der Waals surface area contributed by atoms with Crippen LogP contribution in [0.2, 0.25) is 5.02 Å². The molecule has 1 unspecified atom stereocenters. The maximum absolute atomic E-state index is 10.6. The average molecular weight is 372 g/mol. The second kappa shape index (κ2) is 7.80. The van der Waals surface area contributed by atoms with Crippen molar-refractivity contribution in [2.75, 3.05) is 20.3 Å². The molecule has 2 aromatic carbocycles. The second-order valence-corrected chi connectivity index (χ2v) is 5.77. The molecule has 21 heavy (non-hydrogen) atoms. The number of ether oxygens (including phenoxy) is 2. The van der Waals surface area contributed by atoms with Crippen LogP contribution in [-0.2, 0) is 4.74 Å². The Morgan fingerprint density at radius 1 is 1.14 bits per heavy atom. The summed E-state index contributed by atoms with van der Waals surface area (Å²) in [6, 6.07) is 12.7. The zero-order valence-electron chi connectivity index (χ0n) is 11.6. The largest absolute Gasteiger partial charge is 0.491 e. The molecular formula is C16H16BrClO3. The summed E-state index contributed by atoms with van der Waals surface area (Å²) in [5.74, 6) is 0.623. The van der Waals surface area contributed by atoms with Crippen LogP contribution in [0.1, 0.15) is 17.2 Å². The molecule has 0 aliphatic rings. The Labute approximate surface area is 137 Å². The van der Waals surface area contributed by atoms with Crippen molar-refractivity contribution in [3.8, 4) is 5.75 Å². The highest BCUT2D eigenvalue weighted by Gasteiger charge is 2.18. The molecule has 112 valence electrons. The van der Waals surface area contributed by atoms with Crippen LogP contribution in [-0.4, -0.2) is 25.4 Å². The molecule has 0 saturated heterocycles. The van der Waals surface area contributed by atoms with Gasteiger partial charge < -0.3 is 14.6 Å². The molecule has 0 fully saturated rings. The number of halogens is 2. The number of para-hydroxylation sites is 1. The lowest BCUT2D eigenvalue weighted by Gasteiger charge is -2.17. The standard InChI is InChI=1S/C16H16BrClO3/c1-20-8-9-21-15-5-3-2-4-12(15)16(19)13-10-11(17)6-7-14(13)18/h2-7,10,16,19H,8-9H2,1H3. The van der Waals surface area contributed by atoms with E-state index in [-0.39, 0.29) is 0 Å². The van der Waals surface area contributed by atoms with Gasteiger partial charge in [-0.05, 0) is 24.3 Å². The Kier molecular flexibility index (Phi) is 6.06. The fourth-order valence-electron chi connectivity index (χ4n) is 1.96. The summed E-state index contributed by atoms with van der Waals surface area (Å²) in [5, 5.41) is 11.1. The van der Waals surface area contributed by atoms with E-state index >= 15 is 0 Å². The summed E-state index contributed by atoms with van der Waals surface area (Å²) in [5.41, 5.74) is 1.31. The second-order valence-electron chi connectivity index (χ2n) is 4.45. The summed E-state index contributed by atoms with van der Waals surface area (Å²) in [6.45, 7) is 0.911. The Morgan fingerprint density at radius 3 is 2.67 bits per heavy atom. The van der Waals surface area contributed by atoms with Crippen molar-refractivity contribution in [1.29, 1.82) is 0 Å². The molecule has 0 amide bonds. The molecule has 0 saturated carbocycles. The van der Waals surface area contributed by atoms with E-state index < -0.39 is 6.10 Å². The van der Waals surface area contributed by atoms with E-state index in [9.17, 15) is 5.11 Å². The summed E-state index contributed by atoms with van der Waals surface area (Å²) >= 11 is 9.57. The van der Waals surface area contributed by atoms with Crippen molar-refractivity contribution >= 4 is 27.5 Å². The molecule has 0 radical (unpaired) electrons. The van der Waals surface area contributed by atoms with E-state index in [1.54, 1.807) is 19.2 Å². The van der Waals surface area contributed by atoms with Gasteiger partial charge >= 0.3 is 0 Å². The molecule has 2 rings (SSSR count). The van der Waals surface area contributed by atoms with Gasteiger partial charge in [0.2, 0.25) is 0 Å². The third kappa shape index (κ3) is 4.20. The van der Waals surface area contributed by atoms with Gasteiger partial charge in [0.15, 0.2) is 0 Å². The van der Waals surface area contributed by atoms with Gasteiger partial charge in [-0.25, -0.2) is 0 Å². The molecule has 0 aromatic heterocycles. The van der Waals surface area contributed by atoms with E-state index in [1.807, 2.05) is 30.3 Å². The van der Waals surface area contributed by atoms with Crippen LogP contribution in [0.3, 0.4) is 0 Å². The zero-order chi connectivity index (χ0) is 15.2. The van der Waals surface area contributed by atoms with Crippen LogP contribution in [0.4, 0.5) is 0 Å². The molecule has 3 nitrogen and oxygen atoms in total. The predicted octanol–water partition coefficient (Wildman–Crippen LogP) is 4.21. The Hall–Kier alpha value is -1.07. The highest BCUT2D eigenvalue weighted by molar-refractivity contribution is 9.10. The minimum Gasteiger partial charge on any atom is -0.491 e. The molecule has 2 aromatic rings. The third-order valence-corrected chi connectivity index (χ3v) is 3.85. The van der Waals surface area contributed by atoms with E-state index in [0.29, 0.717) is 35.1 Å². The highest BCUT2D eigenvalue weighted by atomic mass is 79.9.